The van der Waals surface area contributed by atoms with E-state index in [0.717, 1.165) is 21.4 Å². The van der Waals surface area contributed by atoms with Gasteiger partial charge in [-0.05, 0) is 53.1 Å². The minimum atomic E-state index is 0.662. The molecule has 3 rings (SSSR count). The van der Waals surface area contributed by atoms with E-state index >= 15 is 0 Å². The predicted octanol–water partition coefficient (Wildman–Crippen LogP) is 2.60. The Bertz CT molecular complexity index is 637. The van der Waals surface area contributed by atoms with Crippen molar-refractivity contribution in [3.05, 3.63) is 45.3 Å². The van der Waals surface area contributed by atoms with E-state index in [9.17, 15) is 5.26 Å². The first kappa shape index (κ1) is 12.6. The van der Waals surface area contributed by atoms with Crippen LogP contribution >= 0.6 is 22.6 Å². The summed E-state index contributed by atoms with van der Waals surface area (Å²) < 4.78 is 2.80. The number of benzene rings is 1. The van der Waals surface area contributed by atoms with Crippen molar-refractivity contribution in [1.82, 2.24) is 15.1 Å². The summed E-state index contributed by atoms with van der Waals surface area (Å²) in [5, 5.41) is 17.0. The SMILES string of the molecule is N#Cc1cc(CNC2CC2)ccc1-n1cc(I)cn1. The molecule has 0 amide bonds. The van der Waals surface area contributed by atoms with E-state index in [1.807, 2.05) is 18.3 Å². The Morgan fingerprint density at radius 1 is 1.47 bits per heavy atom. The van der Waals surface area contributed by atoms with E-state index in [1.165, 1.54) is 12.8 Å². The van der Waals surface area contributed by atoms with Gasteiger partial charge in [0.05, 0.1) is 21.0 Å². The summed E-state index contributed by atoms with van der Waals surface area (Å²) in [6.45, 7) is 0.830. The fourth-order valence-electron chi connectivity index (χ4n) is 1.96. The summed E-state index contributed by atoms with van der Waals surface area (Å²) >= 11 is 2.21. The molecule has 1 saturated carbocycles. The quantitative estimate of drug-likeness (QED) is 0.849. The van der Waals surface area contributed by atoms with Gasteiger partial charge in [0, 0.05) is 18.8 Å². The van der Waals surface area contributed by atoms with Gasteiger partial charge in [0.2, 0.25) is 0 Å². The van der Waals surface area contributed by atoms with Crippen LogP contribution in [0.3, 0.4) is 0 Å². The topological polar surface area (TPSA) is 53.6 Å². The van der Waals surface area contributed by atoms with Gasteiger partial charge >= 0.3 is 0 Å². The first-order chi connectivity index (χ1) is 9.26. The van der Waals surface area contributed by atoms with Gasteiger partial charge in [0.25, 0.3) is 0 Å². The van der Waals surface area contributed by atoms with Crippen LogP contribution in [0.2, 0.25) is 0 Å². The number of nitrogens with zero attached hydrogens (tertiary/aromatic N) is 3. The molecule has 0 bridgehead atoms. The largest absolute Gasteiger partial charge is 0.310 e. The first-order valence-electron chi connectivity index (χ1n) is 6.23. The van der Waals surface area contributed by atoms with Gasteiger partial charge in [-0.1, -0.05) is 6.07 Å². The van der Waals surface area contributed by atoms with Crippen molar-refractivity contribution in [2.45, 2.75) is 25.4 Å². The summed E-state index contributed by atoms with van der Waals surface area (Å²) in [4.78, 5) is 0. The van der Waals surface area contributed by atoms with Crippen molar-refractivity contribution in [3.8, 4) is 11.8 Å². The van der Waals surface area contributed by atoms with E-state index in [4.69, 9.17) is 0 Å². The third-order valence-corrected chi connectivity index (χ3v) is 3.71. The summed E-state index contributed by atoms with van der Waals surface area (Å²) in [7, 11) is 0. The molecule has 0 aliphatic heterocycles. The Morgan fingerprint density at radius 2 is 2.32 bits per heavy atom. The Labute approximate surface area is 125 Å². The number of hydrogen-bond donors (Lipinski definition) is 1. The molecule has 1 aliphatic carbocycles. The van der Waals surface area contributed by atoms with E-state index in [-0.39, 0.29) is 0 Å². The maximum Gasteiger partial charge on any atom is 0.101 e. The van der Waals surface area contributed by atoms with Gasteiger partial charge in [-0.3, -0.25) is 0 Å². The number of aromatic nitrogens is 2. The molecule has 1 heterocycles. The third kappa shape index (κ3) is 2.96. The lowest BCUT2D eigenvalue weighted by atomic mass is 10.1. The molecule has 96 valence electrons. The Kier molecular flexibility index (Phi) is 3.53. The lowest BCUT2D eigenvalue weighted by Crippen LogP contribution is -2.15. The molecule has 2 aromatic rings. The molecule has 0 saturated heterocycles. The Balaban J connectivity index is 1.86. The molecular formula is C14H13IN4. The van der Waals surface area contributed by atoms with Gasteiger partial charge in [-0.15, -0.1) is 0 Å². The molecular weight excluding hydrogens is 351 g/mol. The Hall–Kier alpha value is -1.39. The number of nitriles is 1. The molecule has 1 aliphatic rings. The minimum absolute atomic E-state index is 0.662. The average Bonchev–Trinajstić information content (AvgIpc) is 3.17. The van der Waals surface area contributed by atoms with Gasteiger partial charge in [0.1, 0.15) is 6.07 Å². The molecule has 4 nitrogen and oxygen atoms in total. The maximum atomic E-state index is 9.29. The van der Waals surface area contributed by atoms with Crippen molar-refractivity contribution in [2.24, 2.45) is 0 Å². The molecule has 1 fully saturated rings. The second kappa shape index (κ2) is 5.31. The van der Waals surface area contributed by atoms with E-state index < -0.39 is 0 Å². The lowest BCUT2D eigenvalue weighted by Gasteiger charge is -2.07. The van der Waals surface area contributed by atoms with Crippen LogP contribution in [0.4, 0.5) is 0 Å². The number of halogens is 1. The highest BCUT2D eigenvalue weighted by molar-refractivity contribution is 14.1. The highest BCUT2D eigenvalue weighted by Crippen LogP contribution is 2.21. The molecule has 0 spiro atoms. The zero-order valence-electron chi connectivity index (χ0n) is 10.3. The van der Waals surface area contributed by atoms with Crippen molar-refractivity contribution in [2.75, 3.05) is 0 Å². The molecule has 1 aromatic carbocycles. The summed E-state index contributed by atoms with van der Waals surface area (Å²) in [5.41, 5.74) is 2.64. The van der Waals surface area contributed by atoms with Crippen LogP contribution in [0.1, 0.15) is 24.0 Å². The average molecular weight is 364 g/mol. The van der Waals surface area contributed by atoms with Crippen LogP contribution in [0, 0.1) is 14.9 Å². The standard InChI is InChI=1S/C14H13IN4/c15-12-8-18-19(9-12)14-4-1-10(5-11(14)6-16)7-17-13-2-3-13/h1,4-5,8-9,13,17H,2-3,7H2. The van der Waals surface area contributed by atoms with Gasteiger partial charge in [-0.25, -0.2) is 4.68 Å². The van der Waals surface area contributed by atoms with Crippen molar-refractivity contribution in [1.29, 1.82) is 5.26 Å². The van der Waals surface area contributed by atoms with E-state index in [0.29, 0.717) is 11.6 Å². The Morgan fingerprint density at radius 3 is 2.95 bits per heavy atom. The summed E-state index contributed by atoms with van der Waals surface area (Å²) in [6, 6.07) is 8.90. The zero-order valence-corrected chi connectivity index (χ0v) is 12.5. The highest BCUT2D eigenvalue weighted by atomic mass is 127. The second-order valence-electron chi connectivity index (χ2n) is 4.72. The molecule has 5 heteroatoms. The van der Waals surface area contributed by atoms with E-state index in [1.54, 1.807) is 10.9 Å². The third-order valence-electron chi connectivity index (χ3n) is 3.15. The fraction of sp³-hybridized carbons (Fsp3) is 0.286. The van der Waals surface area contributed by atoms with Crippen LogP contribution in [0.15, 0.2) is 30.6 Å². The van der Waals surface area contributed by atoms with Crippen LogP contribution < -0.4 is 5.32 Å². The molecule has 0 unspecified atom stereocenters. The molecule has 1 aromatic heterocycles. The number of nitrogens with one attached hydrogen (secondary N) is 1. The van der Waals surface area contributed by atoms with E-state index in [2.05, 4.69) is 45.1 Å². The smallest absolute Gasteiger partial charge is 0.101 e. The molecule has 0 atom stereocenters. The van der Waals surface area contributed by atoms with Gasteiger partial charge < -0.3 is 5.32 Å². The maximum absolute atomic E-state index is 9.29. The zero-order chi connectivity index (χ0) is 13.2. The summed E-state index contributed by atoms with van der Waals surface area (Å²) in [5.74, 6) is 0. The van der Waals surface area contributed by atoms with Crippen LogP contribution in [0.5, 0.6) is 0 Å². The van der Waals surface area contributed by atoms with Crippen molar-refractivity contribution < 1.29 is 0 Å². The second-order valence-corrected chi connectivity index (χ2v) is 5.97. The van der Waals surface area contributed by atoms with Crippen LogP contribution in [0.25, 0.3) is 5.69 Å². The first-order valence-corrected chi connectivity index (χ1v) is 7.31. The number of rotatable bonds is 4. The highest BCUT2D eigenvalue weighted by Gasteiger charge is 2.20. The predicted molar refractivity (Wildman–Crippen MR) is 80.9 cm³/mol. The lowest BCUT2D eigenvalue weighted by molar-refractivity contribution is 0.687. The van der Waals surface area contributed by atoms with Gasteiger partial charge in [-0.2, -0.15) is 10.4 Å². The van der Waals surface area contributed by atoms with Crippen LogP contribution in [-0.4, -0.2) is 15.8 Å². The minimum Gasteiger partial charge on any atom is -0.310 e. The van der Waals surface area contributed by atoms with Crippen molar-refractivity contribution in [3.63, 3.8) is 0 Å². The van der Waals surface area contributed by atoms with Crippen LogP contribution in [-0.2, 0) is 6.54 Å². The normalized spacial score (nSPS) is 14.3. The molecule has 19 heavy (non-hydrogen) atoms. The van der Waals surface area contributed by atoms with Gasteiger partial charge in [0.15, 0.2) is 0 Å². The monoisotopic (exact) mass is 364 g/mol. The molecule has 0 radical (unpaired) electrons. The fourth-order valence-corrected chi connectivity index (χ4v) is 2.35. The summed E-state index contributed by atoms with van der Waals surface area (Å²) in [6.07, 6.45) is 6.24. The molecule has 1 N–H and O–H groups in total. The van der Waals surface area contributed by atoms with Crippen molar-refractivity contribution >= 4 is 22.6 Å². The number of hydrogen-bond acceptors (Lipinski definition) is 3.